The van der Waals surface area contributed by atoms with Gasteiger partial charge in [-0.1, -0.05) is 20.8 Å². The summed E-state index contributed by atoms with van der Waals surface area (Å²) in [6.07, 6.45) is 4.18. The summed E-state index contributed by atoms with van der Waals surface area (Å²) in [5.74, 6) is 0.135. The van der Waals surface area contributed by atoms with E-state index in [0.29, 0.717) is 26.1 Å². The molecule has 136 valence electrons. The van der Waals surface area contributed by atoms with Gasteiger partial charge in [0, 0.05) is 33.0 Å². The van der Waals surface area contributed by atoms with Gasteiger partial charge < -0.3 is 15.4 Å². The summed E-state index contributed by atoms with van der Waals surface area (Å²) in [6.45, 7) is 14.0. The lowest BCUT2D eigenvalue weighted by Gasteiger charge is -2.29. The molecule has 0 fully saturated rings. The van der Waals surface area contributed by atoms with E-state index in [9.17, 15) is 9.59 Å². The Kier molecular flexibility index (Phi) is 10.1. The summed E-state index contributed by atoms with van der Waals surface area (Å²) in [7, 11) is 0. The van der Waals surface area contributed by atoms with Crippen LogP contribution >= 0.6 is 0 Å². The fraction of sp³-hybridized carbons (Fsp3) is 0.889. The summed E-state index contributed by atoms with van der Waals surface area (Å²) in [6, 6.07) is 0. The number of amides is 2. The van der Waals surface area contributed by atoms with Gasteiger partial charge in [0.25, 0.3) is 0 Å². The molecule has 0 aliphatic rings. The van der Waals surface area contributed by atoms with Crippen LogP contribution in [0.3, 0.4) is 0 Å². The molecule has 2 N–H and O–H groups in total. The van der Waals surface area contributed by atoms with E-state index in [-0.39, 0.29) is 22.8 Å². The molecule has 0 rings (SSSR count). The highest BCUT2D eigenvalue weighted by molar-refractivity contribution is 5.75. The maximum Gasteiger partial charge on any atom is 0.220 e. The van der Waals surface area contributed by atoms with Crippen molar-refractivity contribution in [3.63, 3.8) is 0 Å². The van der Waals surface area contributed by atoms with Crippen LogP contribution in [0.1, 0.15) is 73.6 Å². The molecule has 5 heteroatoms. The van der Waals surface area contributed by atoms with Crippen molar-refractivity contribution in [2.24, 2.45) is 5.41 Å². The molecule has 0 atom stereocenters. The maximum atomic E-state index is 11.5. The summed E-state index contributed by atoms with van der Waals surface area (Å²) in [5.41, 5.74) is -0.171. The number of hydrogen-bond donors (Lipinski definition) is 2. The molecule has 0 spiro atoms. The van der Waals surface area contributed by atoms with E-state index in [2.05, 4.69) is 38.3 Å². The van der Waals surface area contributed by atoms with E-state index >= 15 is 0 Å². The van der Waals surface area contributed by atoms with Gasteiger partial charge in [0.05, 0.1) is 5.60 Å². The Labute approximate surface area is 141 Å². The van der Waals surface area contributed by atoms with Crippen LogP contribution in [-0.2, 0) is 14.3 Å². The first-order valence-electron chi connectivity index (χ1n) is 8.73. The number of carbonyl (C=O) groups excluding carboxylic acids is 2. The molecule has 0 saturated carbocycles. The monoisotopic (exact) mass is 328 g/mol. The van der Waals surface area contributed by atoms with E-state index in [1.165, 1.54) is 6.92 Å². The number of rotatable bonds is 12. The number of carbonyl (C=O) groups is 2. The Hall–Kier alpha value is -1.10. The van der Waals surface area contributed by atoms with Crippen LogP contribution in [0.2, 0.25) is 0 Å². The van der Waals surface area contributed by atoms with Gasteiger partial charge in [0.1, 0.15) is 0 Å². The molecule has 5 nitrogen and oxygen atoms in total. The highest BCUT2D eigenvalue weighted by Crippen LogP contribution is 2.23. The Bertz CT molecular complexity index is 365. The fourth-order valence-electron chi connectivity index (χ4n) is 2.20. The third-order valence-corrected chi connectivity index (χ3v) is 3.84. The second-order valence-corrected chi connectivity index (χ2v) is 7.64. The summed E-state index contributed by atoms with van der Waals surface area (Å²) < 4.78 is 6.00. The van der Waals surface area contributed by atoms with Gasteiger partial charge in [0.2, 0.25) is 11.8 Å². The lowest BCUT2D eigenvalue weighted by molar-refractivity contribution is -0.121. The Morgan fingerprint density at radius 2 is 1.70 bits per heavy atom. The molecule has 0 radical (unpaired) electrons. The zero-order chi connectivity index (χ0) is 17.9. The van der Waals surface area contributed by atoms with Crippen molar-refractivity contribution < 1.29 is 14.3 Å². The smallest absolute Gasteiger partial charge is 0.220 e. The zero-order valence-electron chi connectivity index (χ0n) is 15.9. The molecule has 0 aliphatic carbocycles. The van der Waals surface area contributed by atoms with E-state index in [1.807, 2.05) is 6.92 Å². The Morgan fingerprint density at radius 1 is 1.04 bits per heavy atom. The first-order valence-corrected chi connectivity index (χ1v) is 8.73. The minimum absolute atomic E-state index is 0.00981. The third-order valence-electron chi connectivity index (χ3n) is 3.84. The van der Waals surface area contributed by atoms with Crippen molar-refractivity contribution in [2.45, 2.75) is 79.2 Å². The predicted octanol–water partition coefficient (Wildman–Crippen LogP) is 3.03. The minimum Gasteiger partial charge on any atom is -0.376 e. The molecular formula is C18H36N2O3. The van der Waals surface area contributed by atoms with Crippen LogP contribution in [0.4, 0.5) is 0 Å². The maximum absolute atomic E-state index is 11.5. The van der Waals surface area contributed by atoms with Crippen molar-refractivity contribution in [1.29, 1.82) is 0 Å². The summed E-state index contributed by atoms with van der Waals surface area (Å²) in [4.78, 5) is 22.4. The molecule has 2 amide bonds. The van der Waals surface area contributed by atoms with Gasteiger partial charge in [-0.15, -0.1) is 0 Å². The number of nitrogens with one attached hydrogen (secondary N) is 2. The second-order valence-electron chi connectivity index (χ2n) is 7.64. The van der Waals surface area contributed by atoms with Crippen molar-refractivity contribution in [3.8, 4) is 0 Å². The van der Waals surface area contributed by atoms with Crippen molar-refractivity contribution in [2.75, 3.05) is 19.7 Å². The molecule has 0 aromatic carbocycles. The van der Waals surface area contributed by atoms with E-state index in [0.717, 1.165) is 25.7 Å². The molecule has 23 heavy (non-hydrogen) atoms. The van der Waals surface area contributed by atoms with E-state index in [4.69, 9.17) is 4.74 Å². The number of hydrogen-bond acceptors (Lipinski definition) is 3. The van der Waals surface area contributed by atoms with Crippen molar-refractivity contribution in [3.05, 3.63) is 0 Å². The molecule has 0 aromatic heterocycles. The first kappa shape index (κ1) is 21.9. The van der Waals surface area contributed by atoms with Crippen LogP contribution in [0, 0.1) is 5.41 Å². The fourth-order valence-corrected chi connectivity index (χ4v) is 2.20. The SMILES string of the molecule is CCCC(=O)NCC(C)(C)CCOC(C)(C)CCCNC(C)=O. The highest BCUT2D eigenvalue weighted by atomic mass is 16.5. The molecule has 0 bridgehead atoms. The normalized spacial score (nSPS) is 12.1. The third kappa shape index (κ3) is 13.1. The van der Waals surface area contributed by atoms with E-state index < -0.39 is 0 Å². The summed E-state index contributed by atoms with van der Waals surface area (Å²) in [5, 5.41) is 5.79. The van der Waals surface area contributed by atoms with Crippen LogP contribution in [0.15, 0.2) is 0 Å². The average molecular weight is 328 g/mol. The molecular weight excluding hydrogens is 292 g/mol. The Morgan fingerprint density at radius 3 is 2.26 bits per heavy atom. The molecule has 0 unspecified atom stereocenters. The van der Waals surface area contributed by atoms with Crippen molar-refractivity contribution in [1.82, 2.24) is 10.6 Å². The largest absolute Gasteiger partial charge is 0.376 e. The second kappa shape index (κ2) is 10.6. The zero-order valence-corrected chi connectivity index (χ0v) is 15.9. The molecule has 0 saturated heterocycles. The van der Waals surface area contributed by atoms with Crippen molar-refractivity contribution >= 4 is 11.8 Å². The lowest BCUT2D eigenvalue weighted by Crippen LogP contribution is -2.35. The molecule has 0 heterocycles. The standard InChI is InChI=1S/C18H36N2O3/c1-7-9-16(22)20-14-17(3,4)11-13-23-18(5,6)10-8-12-19-15(2)21/h7-14H2,1-6H3,(H,19,21)(H,20,22). The van der Waals surface area contributed by atoms with Gasteiger partial charge in [-0.05, 0) is 44.9 Å². The predicted molar refractivity (Wildman–Crippen MR) is 94.3 cm³/mol. The quantitative estimate of drug-likeness (QED) is 0.541. The minimum atomic E-state index is -0.194. The van der Waals surface area contributed by atoms with Crippen LogP contribution in [0.25, 0.3) is 0 Å². The lowest BCUT2D eigenvalue weighted by atomic mass is 9.89. The topological polar surface area (TPSA) is 67.4 Å². The molecule has 0 aliphatic heterocycles. The van der Waals surface area contributed by atoms with Crippen LogP contribution < -0.4 is 10.6 Å². The average Bonchev–Trinajstić information content (AvgIpc) is 2.41. The van der Waals surface area contributed by atoms with Crippen LogP contribution in [-0.4, -0.2) is 37.1 Å². The summed E-state index contributed by atoms with van der Waals surface area (Å²) >= 11 is 0. The van der Waals surface area contributed by atoms with Gasteiger partial charge in [-0.3, -0.25) is 9.59 Å². The van der Waals surface area contributed by atoms with Gasteiger partial charge in [-0.2, -0.15) is 0 Å². The van der Waals surface area contributed by atoms with E-state index in [1.54, 1.807) is 0 Å². The molecule has 0 aromatic rings. The van der Waals surface area contributed by atoms with Gasteiger partial charge >= 0.3 is 0 Å². The van der Waals surface area contributed by atoms with Gasteiger partial charge in [-0.25, -0.2) is 0 Å². The van der Waals surface area contributed by atoms with Gasteiger partial charge in [0.15, 0.2) is 0 Å². The first-order chi connectivity index (χ1) is 10.6. The Balaban J connectivity index is 3.95. The highest BCUT2D eigenvalue weighted by Gasteiger charge is 2.22. The number of ether oxygens (including phenoxy) is 1. The van der Waals surface area contributed by atoms with Crippen LogP contribution in [0.5, 0.6) is 0 Å².